The first-order valence-electron chi connectivity index (χ1n) is 5.81. The van der Waals surface area contributed by atoms with Gasteiger partial charge in [0.1, 0.15) is 12.1 Å². The van der Waals surface area contributed by atoms with E-state index in [0.717, 1.165) is 12.2 Å². The molecule has 0 unspecified atom stereocenters. The van der Waals surface area contributed by atoms with Crippen LogP contribution >= 0.6 is 11.6 Å². The monoisotopic (exact) mass is 284 g/mol. The Hall–Kier alpha value is -1.43. The summed E-state index contributed by atoms with van der Waals surface area (Å²) in [5, 5.41) is 3.16. The maximum Gasteiger partial charge on any atom is 0.227 e. The summed E-state index contributed by atoms with van der Waals surface area (Å²) in [6.07, 6.45) is 1.52. The van der Waals surface area contributed by atoms with E-state index in [0.29, 0.717) is 24.6 Å². The first-order valence-corrected chi connectivity index (χ1v) is 6.18. The molecule has 1 aromatic heterocycles. The Balaban J connectivity index is 2.06. The molecule has 102 valence electrons. The van der Waals surface area contributed by atoms with E-state index in [1.54, 1.807) is 19.2 Å². The van der Waals surface area contributed by atoms with E-state index in [1.807, 2.05) is 0 Å². The van der Waals surface area contributed by atoms with Crippen molar-refractivity contribution in [2.45, 2.75) is 6.54 Å². The highest BCUT2D eigenvalue weighted by molar-refractivity contribution is 6.33. The minimum Gasteiger partial charge on any atom is -0.444 e. The molecule has 2 rings (SSSR count). The maximum absolute atomic E-state index is 13.3. The SMILES string of the molecule is COCCNCc1coc(-c2cccc(F)c2Cl)n1. The van der Waals surface area contributed by atoms with Crippen molar-refractivity contribution in [1.82, 2.24) is 10.3 Å². The number of hydrogen-bond donors (Lipinski definition) is 1. The molecule has 2 aromatic rings. The van der Waals surface area contributed by atoms with Gasteiger partial charge in [-0.05, 0) is 12.1 Å². The highest BCUT2D eigenvalue weighted by Gasteiger charge is 2.13. The van der Waals surface area contributed by atoms with E-state index in [4.69, 9.17) is 20.8 Å². The van der Waals surface area contributed by atoms with E-state index in [1.165, 1.54) is 12.3 Å². The number of halogens is 2. The van der Waals surface area contributed by atoms with Gasteiger partial charge >= 0.3 is 0 Å². The van der Waals surface area contributed by atoms with Gasteiger partial charge in [0, 0.05) is 20.2 Å². The van der Waals surface area contributed by atoms with E-state index in [-0.39, 0.29) is 5.02 Å². The first kappa shape index (κ1) is 14.0. The van der Waals surface area contributed by atoms with Crippen LogP contribution in [0, 0.1) is 5.82 Å². The molecule has 6 heteroatoms. The van der Waals surface area contributed by atoms with E-state index in [9.17, 15) is 4.39 Å². The molecule has 0 radical (unpaired) electrons. The zero-order valence-corrected chi connectivity index (χ0v) is 11.2. The van der Waals surface area contributed by atoms with E-state index >= 15 is 0 Å². The van der Waals surface area contributed by atoms with Gasteiger partial charge in [0.25, 0.3) is 0 Å². The summed E-state index contributed by atoms with van der Waals surface area (Å²) in [7, 11) is 1.64. The number of oxazole rings is 1. The first-order chi connectivity index (χ1) is 9.22. The molecule has 0 amide bonds. The van der Waals surface area contributed by atoms with Crippen LogP contribution in [0.2, 0.25) is 5.02 Å². The van der Waals surface area contributed by atoms with Gasteiger partial charge in [-0.25, -0.2) is 9.37 Å². The van der Waals surface area contributed by atoms with Gasteiger partial charge in [-0.2, -0.15) is 0 Å². The molecule has 0 atom stereocenters. The molecule has 1 N–H and O–H groups in total. The Labute approximate surface area is 115 Å². The van der Waals surface area contributed by atoms with Crippen LogP contribution in [0.1, 0.15) is 5.69 Å². The summed E-state index contributed by atoms with van der Waals surface area (Å²) >= 11 is 5.88. The van der Waals surface area contributed by atoms with Crippen LogP contribution in [-0.4, -0.2) is 25.2 Å². The predicted octanol–water partition coefficient (Wildman–Crippen LogP) is 2.87. The van der Waals surface area contributed by atoms with Crippen molar-refractivity contribution >= 4 is 11.6 Å². The molecule has 0 aliphatic rings. The molecule has 0 spiro atoms. The third-order valence-corrected chi connectivity index (χ3v) is 2.91. The summed E-state index contributed by atoms with van der Waals surface area (Å²) in [6.45, 7) is 1.90. The normalized spacial score (nSPS) is 10.9. The van der Waals surface area contributed by atoms with E-state index < -0.39 is 5.82 Å². The van der Waals surface area contributed by atoms with Crippen LogP contribution < -0.4 is 5.32 Å². The Bertz CT molecular complexity index is 545. The Morgan fingerprint density at radius 2 is 2.32 bits per heavy atom. The molecular weight excluding hydrogens is 271 g/mol. The number of hydrogen-bond acceptors (Lipinski definition) is 4. The number of nitrogens with one attached hydrogen (secondary N) is 1. The molecular formula is C13H14ClFN2O2. The van der Waals surface area contributed by atoms with Crippen molar-refractivity contribution in [2.24, 2.45) is 0 Å². The van der Waals surface area contributed by atoms with Gasteiger partial charge in [0.2, 0.25) is 5.89 Å². The Kier molecular flexibility index (Phi) is 4.90. The van der Waals surface area contributed by atoms with Crippen LogP contribution in [-0.2, 0) is 11.3 Å². The van der Waals surface area contributed by atoms with Crippen LogP contribution in [0.3, 0.4) is 0 Å². The number of ether oxygens (including phenoxy) is 1. The quantitative estimate of drug-likeness (QED) is 0.829. The summed E-state index contributed by atoms with van der Waals surface area (Å²) in [5.41, 5.74) is 1.18. The van der Waals surface area contributed by atoms with Crippen molar-refractivity contribution in [3.8, 4) is 11.5 Å². The molecule has 1 heterocycles. The molecule has 0 bridgehead atoms. The van der Waals surface area contributed by atoms with E-state index in [2.05, 4.69) is 10.3 Å². The average molecular weight is 285 g/mol. The average Bonchev–Trinajstić information content (AvgIpc) is 2.87. The fourth-order valence-electron chi connectivity index (χ4n) is 1.57. The second-order valence-corrected chi connectivity index (χ2v) is 4.29. The summed E-state index contributed by atoms with van der Waals surface area (Å²) in [5.74, 6) is -0.176. The lowest BCUT2D eigenvalue weighted by Crippen LogP contribution is -2.18. The standard InChI is InChI=1S/C13H14ClFN2O2/c1-18-6-5-16-7-9-8-19-13(17-9)10-3-2-4-11(15)12(10)14/h2-4,8,16H,5-7H2,1H3. The summed E-state index contributed by atoms with van der Waals surface area (Å²) in [4.78, 5) is 4.26. The molecule has 4 nitrogen and oxygen atoms in total. The third-order valence-electron chi connectivity index (χ3n) is 2.52. The minimum atomic E-state index is -0.489. The largest absolute Gasteiger partial charge is 0.444 e. The lowest BCUT2D eigenvalue weighted by Gasteiger charge is -2.00. The third kappa shape index (κ3) is 3.53. The second kappa shape index (κ2) is 6.65. The fraction of sp³-hybridized carbons (Fsp3) is 0.308. The number of methoxy groups -OCH3 is 1. The zero-order chi connectivity index (χ0) is 13.7. The van der Waals surface area contributed by atoms with Crippen LogP contribution in [0.5, 0.6) is 0 Å². The van der Waals surface area contributed by atoms with Crippen LogP contribution in [0.15, 0.2) is 28.9 Å². The lowest BCUT2D eigenvalue weighted by molar-refractivity contribution is 0.199. The maximum atomic E-state index is 13.3. The van der Waals surface area contributed by atoms with Crippen LogP contribution in [0.25, 0.3) is 11.5 Å². The van der Waals surface area contributed by atoms with Gasteiger partial charge < -0.3 is 14.5 Å². The van der Waals surface area contributed by atoms with Gasteiger partial charge in [-0.1, -0.05) is 17.7 Å². The van der Waals surface area contributed by atoms with Gasteiger partial charge in [-0.15, -0.1) is 0 Å². The Morgan fingerprint density at radius 3 is 3.11 bits per heavy atom. The second-order valence-electron chi connectivity index (χ2n) is 3.91. The van der Waals surface area contributed by atoms with Gasteiger partial charge in [0.05, 0.1) is 22.9 Å². The number of aromatic nitrogens is 1. The zero-order valence-electron chi connectivity index (χ0n) is 10.5. The van der Waals surface area contributed by atoms with Crippen LogP contribution in [0.4, 0.5) is 4.39 Å². The van der Waals surface area contributed by atoms with Gasteiger partial charge in [0.15, 0.2) is 0 Å². The fourth-order valence-corrected chi connectivity index (χ4v) is 1.78. The summed E-state index contributed by atoms with van der Waals surface area (Å²) < 4.78 is 23.6. The van der Waals surface area contributed by atoms with Crippen molar-refractivity contribution in [3.05, 3.63) is 41.0 Å². The van der Waals surface area contributed by atoms with Crippen molar-refractivity contribution < 1.29 is 13.5 Å². The van der Waals surface area contributed by atoms with Gasteiger partial charge in [-0.3, -0.25) is 0 Å². The number of benzene rings is 1. The number of nitrogens with zero attached hydrogens (tertiary/aromatic N) is 1. The summed E-state index contributed by atoms with van der Waals surface area (Å²) in [6, 6.07) is 4.53. The molecule has 0 fully saturated rings. The molecule has 0 saturated carbocycles. The highest BCUT2D eigenvalue weighted by Crippen LogP contribution is 2.29. The number of rotatable bonds is 6. The lowest BCUT2D eigenvalue weighted by atomic mass is 10.2. The van der Waals surface area contributed by atoms with Crippen molar-refractivity contribution in [2.75, 3.05) is 20.3 Å². The predicted molar refractivity (Wildman–Crippen MR) is 70.5 cm³/mol. The smallest absolute Gasteiger partial charge is 0.227 e. The molecule has 0 saturated heterocycles. The highest BCUT2D eigenvalue weighted by atomic mass is 35.5. The van der Waals surface area contributed by atoms with Crippen molar-refractivity contribution in [3.63, 3.8) is 0 Å². The Morgan fingerprint density at radius 1 is 1.47 bits per heavy atom. The molecule has 0 aliphatic carbocycles. The molecule has 0 aliphatic heterocycles. The molecule has 1 aromatic carbocycles. The topological polar surface area (TPSA) is 47.3 Å². The minimum absolute atomic E-state index is 0.0169. The molecule has 19 heavy (non-hydrogen) atoms. The van der Waals surface area contributed by atoms with Crippen molar-refractivity contribution in [1.29, 1.82) is 0 Å².